The van der Waals surface area contributed by atoms with Gasteiger partial charge in [0.2, 0.25) is 0 Å². The van der Waals surface area contributed by atoms with E-state index in [-0.39, 0.29) is 17.9 Å². The van der Waals surface area contributed by atoms with E-state index in [1.165, 1.54) is 6.20 Å². The first kappa shape index (κ1) is 9.99. The van der Waals surface area contributed by atoms with Crippen LogP contribution in [-0.2, 0) is 4.74 Å². The lowest BCUT2D eigenvalue weighted by Gasteiger charge is -2.00. The van der Waals surface area contributed by atoms with Crippen LogP contribution < -0.4 is 5.43 Å². The number of aromatic nitrogens is 1. The molecular weight excluding hydrogens is 184 g/mol. The van der Waals surface area contributed by atoms with Crippen molar-refractivity contribution < 1.29 is 9.53 Å². The van der Waals surface area contributed by atoms with Crippen LogP contribution in [0.3, 0.4) is 0 Å². The SMILES string of the molecule is CCOC(=O)c1cc(=O)c(C#N)c[nH]1. The van der Waals surface area contributed by atoms with Crippen LogP contribution in [0, 0.1) is 11.3 Å². The summed E-state index contributed by atoms with van der Waals surface area (Å²) in [6.45, 7) is 1.90. The number of carbonyl (C=O) groups excluding carboxylic acids is 1. The average Bonchev–Trinajstić information content (AvgIpc) is 2.18. The molecule has 5 heteroatoms. The highest BCUT2D eigenvalue weighted by atomic mass is 16.5. The summed E-state index contributed by atoms with van der Waals surface area (Å²) in [4.78, 5) is 24.8. The van der Waals surface area contributed by atoms with Crippen LogP contribution in [0.15, 0.2) is 17.1 Å². The van der Waals surface area contributed by atoms with Gasteiger partial charge < -0.3 is 9.72 Å². The number of nitrogens with one attached hydrogen (secondary N) is 1. The summed E-state index contributed by atoms with van der Waals surface area (Å²) in [5.74, 6) is -0.603. The predicted molar refractivity (Wildman–Crippen MR) is 47.7 cm³/mol. The number of aromatic amines is 1. The molecule has 1 aromatic heterocycles. The molecule has 0 radical (unpaired) electrons. The minimum Gasteiger partial charge on any atom is -0.461 e. The number of carbonyl (C=O) groups is 1. The number of pyridine rings is 1. The van der Waals surface area contributed by atoms with Gasteiger partial charge in [-0.15, -0.1) is 0 Å². The fourth-order valence-corrected chi connectivity index (χ4v) is 0.886. The van der Waals surface area contributed by atoms with Gasteiger partial charge in [0.1, 0.15) is 17.3 Å². The fourth-order valence-electron chi connectivity index (χ4n) is 0.886. The number of hydrogen-bond acceptors (Lipinski definition) is 4. The van der Waals surface area contributed by atoms with E-state index in [0.717, 1.165) is 6.07 Å². The lowest BCUT2D eigenvalue weighted by molar-refractivity contribution is 0.0519. The maximum absolute atomic E-state index is 11.1. The lowest BCUT2D eigenvalue weighted by atomic mass is 10.2. The molecule has 1 rings (SSSR count). The van der Waals surface area contributed by atoms with Crippen LogP contribution >= 0.6 is 0 Å². The highest BCUT2D eigenvalue weighted by Crippen LogP contribution is 1.95. The van der Waals surface area contributed by atoms with Crippen LogP contribution in [0.5, 0.6) is 0 Å². The van der Waals surface area contributed by atoms with Gasteiger partial charge in [0, 0.05) is 12.3 Å². The third kappa shape index (κ3) is 1.98. The average molecular weight is 192 g/mol. The van der Waals surface area contributed by atoms with Gasteiger partial charge in [-0.05, 0) is 6.92 Å². The molecule has 0 unspecified atom stereocenters. The molecule has 0 bridgehead atoms. The van der Waals surface area contributed by atoms with Crippen molar-refractivity contribution in [1.82, 2.24) is 4.98 Å². The lowest BCUT2D eigenvalue weighted by Crippen LogP contribution is -2.13. The quantitative estimate of drug-likeness (QED) is 0.688. The van der Waals surface area contributed by atoms with E-state index < -0.39 is 11.4 Å². The zero-order valence-electron chi connectivity index (χ0n) is 7.53. The van der Waals surface area contributed by atoms with E-state index in [1.54, 1.807) is 13.0 Å². The highest BCUT2D eigenvalue weighted by Gasteiger charge is 2.08. The van der Waals surface area contributed by atoms with Crippen molar-refractivity contribution >= 4 is 5.97 Å². The van der Waals surface area contributed by atoms with Gasteiger partial charge in [0.15, 0.2) is 5.43 Å². The predicted octanol–water partition coefficient (Wildman–Crippen LogP) is 0.423. The maximum Gasteiger partial charge on any atom is 0.354 e. The molecule has 14 heavy (non-hydrogen) atoms. The van der Waals surface area contributed by atoms with Gasteiger partial charge in [-0.3, -0.25) is 4.79 Å². The minimum atomic E-state index is -0.603. The van der Waals surface area contributed by atoms with Crippen LogP contribution in [0.25, 0.3) is 0 Å². The molecule has 0 saturated carbocycles. The molecular formula is C9H8N2O3. The van der Waals surface area contributed by atoms with Crippen LogP contribution in [-0.4, -0.2) is 17.6 Å². The molecule has 0 saturated heterocycles. The molecule has 0 fully saturated rings. The Hall–Kier alpha value is -2.09. The summed E-state index contributed by atoms with van der Waals surface area (Å²) in [6, 6.07) is 2.75. The van der Waals surface area contributed by atoms with Gasteiger partial charge in [-0.1, -0.05) is 0 Å². The Morgan fingerprint density at radius 1 is 1.71 bits per heavy atom. The Morgan fingerprint density at radius 2 is 2.43 bits per heavy atom. The Kier molecular flexibility index (Phi) is 3.02. The Labute approximate surface area is 79.9 Å². The van der Waals surface area contributed by atoms with Gasteiger partial charge in [0.25, 0.3) is 0 Å². The first-order valence-electron chi connectivity index (χ1n) is 3.99. The summed E-state index contributed by atoms with van der Waals surface area (Å²) in [6.07, 6.45) is 1.19. The highest BCUT2D eigenvalue weighted by molar-refractivity contribution is 5.87. The van der Waals surface area contributed by atoms with Crippen LogP contribution in [0.2, 0.25) is 0 Å². The van der Waals surface area contributed by atoms with Crippen molar-refractivity contribution in [3.8, 4) is 6.07 Å². The number of hydrogen-bond donors (Lipinski definition) is 1. The maximum atomic E-state index is 11.1. The molecule has 0 aromatic carbocycles. The molecule has 0 aliphatic carbocycles. The molecule has 72 valence electrons. The topological polar surface area (TPSA) is 82.9 Å². The molecule has 5 nitrogen and oxygen atoms in total. The van der Waals surface area contributed by atoms with E-state index in [1.807, 2.05) is 0 Å². The van der Waals surface area contributed by atoms with Gasteiger partial charge in [-0.25, -0.2) is 4.79 Å². The molecule has 0 aliphatic rings. The first-order valence-corrected chi connectivity index (χ1v) is 3.99. The third-order valence-corrected chi connectivity index (χ3v) is 1.53. The Morgan fingerprint density at radius 3 is 2.93 bits per heavy atom. The fraction of sp³-hybridized carbons (Fsp3) is 0.222. The van der Waals surface area contributed by atoms with Gasteiger partial charge in [-0.2, -0.15) is 5.26 Å². The largest absolute Gasteiger partial charge is 0.461 e. The summed E-state index contributed by atoms with van der Waals surface area (Å²) < 4.78 is 4.66. The second kappa shape index (κ2) is 4.23. The van der Waals surface area contributed by atoms with Crippen molar-refractivity contribution in [3.05, 3.63) is 33.7 Å². The van der Waals surface area contributed by atoms with Crippen molar-refractivity contribution in [2.45, 2.75) is 6.92 Å². The smallest absolute Gasteiger partial charge is 0.354 e. The second-order valence-corrected chi connectivity index (χ2v) is 2.46. The molecule has 1 heterocycles. The monoisotopic (exact) mass is 192 g/mol. The number of H-pyrrole nitrogens is 1. The normalized spacial score (nSPS) is 9.14. The van der Waals surface area contributed by atoms with Gasteiger partial charge in [0.05, 0.1) is 6.61 Å². The van der Waals surface area contributed by atoms with E-state index in [2.05, 4.69) is 9.72 Å². The molecule has 0 atom stereocenters. The van der Waals surface area contributed by atoms with Crippen LogP contribution in [0.1, 0.15) is 23.0 Å². The molecule has 0 aliphatic heterocycles. The van der Waals surface area contributed by atoms with Gasteiger partial charge >= 0.3 is 5.97 Å². The number of rotatable bonds is 2. The van der Waals surface area contributed by atoms with Crippen molar-refractivity contribution in [3.63, 3.8) is 0 Å². The van der Waals surface area contributed by atoms with Crippen LogP contribution in [0.4, 0.5) is 0 Å². The molecule has 0 amide bonds. The Bertz CT molecular complexity index is 442. The van der Waals surface area contributed by atoms with Crippen molar-refractivity contribution in [1.29, 1.82) is 5.26 Å². The summed E-state index contributed by atoms with van der Waals surface area (Å²) in [7, 11) is 0. The first-order chi connectivity index (χ1) is 6.69. The van der Waals surface area contributed by atoms with E-state index in [4.69, 9.17) is 5.26 Å². The minimum absolute atomic E-state index is 0.0296. The van der Waals surface area contributed by atoms with E-state index in [0.29, 0.717) is 0 Å². The zero-order valence-corrected chi connectivity index (χ0v) is 7.53. The van der Waals surface area contributed by atoms with Crippen molar-refractivity contribution in [2.75, 3.05) is 6.61 Å². The molecule has 1 N–H and O–H groups in total. The third-order valence-electron chi connectivity index (χ3n) is 1.53. The Balaban J connectivity index is 3.05. The summed E-state index contributed by atoms with van der Waals surface area (Å²) in [5, 5.41) is 8.47. The van der Waals surface area contributed by atoms with Crippen molar-refractivity contribution in [2.24, 2.45) is 0 Å². The number of nitriles is 1. The summed E-state index contributed by atoms with van der Waals surface area (Å²) >= 11 is 0. The van der Waals surface area contributed by atoms with E-state index in [9.17, 15) is 9.59 Å². The zero-order chi connectivity index (χ0) is 10.6. The molecule has 0 spiro atoms. The number of ether oxygens (including phenoxy) is 1. The van der Waals surface area contributed by atoms with E-state index >= 15 is 0 Å². The second-order valence-electron chi connectivity index (χ2n) is 2.46. The molecule has 1 aromatic rings. The summed E-state index contributed by atoms with van der Waals surface area (Å²) in [5.41, 5.74) is -0.469. The number of esters is 1. The number of nitrogens with zero attached hydrogens (tertiary/aromatic N) is 1. The standard InChI is InChI=1S/C9H8N2O3/c1-2-14-9(13)7-3-8(12)6(4-10)5-11-7/h3,5H,2H2,1H3,(H,11,12).